The lowest BCUT2D eigenvalue weighted by Gasteiger charge is -2.17. The highest BCUT2D eigenvalue weighted by atomic mass is 35.5. The third kappa shape index (κ3) is 2.68. The molecule has 0 bridgehead atoms. The van der Waals surface area contributed by atoms with Crippen LogP contribution >= 0.6 is 11.6 Å². The monoisotopic (exact) mass is 295 g/mol. The van der Waals surface area contributed by atoms with E-state index in [-0.39, 0.29) is 18.1 Å². The average molecular weight is 296 g/mol. The predicted molar refractivity (Wildman–Crippen MR) is 62.9 cm³/mol. The van der Waals surface area contributed by atoms with Crippen molar-refractivity contribution >= 4 is 23.2 Å². The molecular formula is C12H10ClF4NO. The number of alkyl halides is 5. The fourth-order valence-corrected chi connectivity index (χ4v) is 2.23. The number of hydrogen-bond donors (Lipinski definition) is 0. The first kappa shape index (κ1) is 14.1. The Morgan fingerprint density at radius 1 is 1.37 bits per heavy atom. The maximum Gasteiger partial charge on any atom is 0.416 e. The van der Waals surface area contributed by atoms with Crippen molar-refractivity contribution in [3.05, 3.63) is 29.8 Å². The normalized spacial score (nSPS) is 24.1. The number of nitrogens with zero attached hydrogens (tertiary/aromatic N) is 1. The highest BCUT2D eigenvalue weighted by molar-refractivity contribution is 6.18. The van der Waals surface area contributed by atoms with E-state index in [0.717, 1.165) is 17.0 Å². The standard InChI is InChI=1S/C12H10ClF4NO/c13-5-7-6-18(11(19)10(7)14)9-3-1-2-8(4-9)12(15,16)17/h1-4,7,10H,5-6H2/t7-,10+/m1/s1. The fourth-order valence-electron chi connectivity index (χ4n) is 1.98. The van der Waals surface area contributed by atoms with Crippen molar-refractivity contribution in [2.75, 3.05) is 17.3 Å². The zero-order valence-corrected chi connectivity index (χ0v) is 10.4. The summed E-state index contributed by atoms with van der Waals surface area (Å²) in [4.78, 5) is 12.7. The second-order valence-electron chi connectivity index (χ2n) is 4.31. The summed E-state index contributed by atoms with van der Waals surface area (Å²) in [5.74, 6) is -1.59. The van der Waals surface area contributed by atoms with E-state index in [0.29, 0.717) is 0 Å². The summed E-state index contributed by atoms with van der Waals surface area (Å²) in [5.41, 5.74) is -0.836. The molecule has 0 radical (unpaired) electrons. The van der Waals surface area contributed by atoms with Gasteiger partial charge in [0.05, 0.1) is 5.56 Å². The second-order valence-corrected chi connectivity index (χ2v) is 4.62. The number of halogens is 5. The third-order valence-electron chi connectivity index (χ3n) is 3.02. The van der Waals surface area contributed by atoms with Crippen molar-refractivity contribution in [3.63, 3.8) is 0 Å². The Balaban J connectivity index is 2.31. The van der Waals surface area contributed by atoms with Gasteiger partial charge in [0.15, 0.2) is 6.17 Å². The molecule has 7 heteroatoms. The first-order chi connectivity index (χ1) is 8.84. The highest BCUT2D eigenvalue weighted by Gasteiger charge is 2.41. The van der Waals surface area contributed by atoms with Crippen LogP contribution in [0.5, 0.6) is 0 Å². The number of amides is 1. The fraction of sp³-hybridized carbons (Fsp3) is 0.417. The van der Waals surface area contributed by atoms with E-state index in [1.54, 1.807) is 0 Å². The van der Waals surface area contributed by atoms with Gasteiger partial charge in [-0.3, -0.25) is 4.79 Å². The molecule has 1 heterocycles. The van der Waals surface area contributed by atoms with Gasteiger partial charge in [0, 0.05) is 24.0 Å². The summed E-state index contributed by atoms with van der Waals surface area (Å²) in [6, 6.07) is 4.26. The van der Waals surface area contributed by atoms with Crippen molar-refractivity contribution in [1.29, 1.82) is 0 Å². The van der Waals surface area contributed by atoms with Crippen molar-refractivity contribution in [1.82, 2.24) is 0 Å². The number of carbonyl (C=O) groups is 1. The van der Waals surface area contributed by atoms with Crippen LogP contribution in [0.2, 0.25) is 0 Å². The van der Waals surface area contributed by atoms with Crippen LogP contribution in [0.3, 0.4) is 0 Å². The SMILES string of the molecule is O=C1[C@@H](F)[C@H](CCl)CN1c1cccc(C(F)(F)F)c1. The number of benzene rings is 1. The molecule has 2 atom stereocenters. The Labute approximate surface area is 112 Å². The van der Waals surface area contributed by atoms with Crippen molar-refractivity contribution in [3.8, 4) is 0 Å². The lowest BCUT2D eigenvalue weighted by atomic mass is 10.1. The zero-order chi connectivity index (χ0) is 14.2. The molecule has 19 heavy (non-hydrogen) atoms. The molecule has 0 spiro atoms. The Bertz CT molecular complexity index is 491. The minimum absolute atomic E-state index is 0.00912. The van der Waals surface area contributed by atoms with Crippen molar-refractivity contribution in [2.24, 2.45) is 5.92 Å². The van der Waals surface area contributed by atoms with Crippen LogP contribution in [0.15, 0.2) is 24.3 Å². The molecule has 1 aromatic rings. The van der Waals surface area contributed by atoms with Crippen LogP contribution in [0, 0.1) is 5.92 Å². The van der Waals surface area contributed by atoms with Gasteiger partial charge in [-0.25, -0.2) is 4.39 Å². The molecule has 1 saturated heterocycles. The second kappa shape index (κ2) is 5.00. The molecule has 2 rings (SSSR count). The predicted octanol–water partition coefficient (Wildman–Crippen LogP) is 3.25. The number of carbonyl (C=O) groups excluding carboxylic acids is 1. The summed E-state index contributed by atoms with van der Waals surface area (Å²) in [5, 5.41) is 0. The van der Waals surface area contributed by atoms with Crippen LogP contribution < -0.4 is 4.90 Å². The van der Waals surface area contributed by atoms with Gasteiger partial charge >= 0.3 is 6.18 Å². The largest absolute Gasteiger partial charge is 0.416 e. The molecule has 0 aliphatic carbocycles. The Kier molecular flexibility index (Phi) is 3.71. The van der Waals surface area contributed by atoms with E-state index in [2.05, 4.69) is 0 Å². The van der Waals surface area contributed by atoms with Gasteiger partial charge < -0.3 is 4.90 Å². The van der Waals surface area contributed by atoms with Crippen molar-refractivity contribution < 1.29 is 22.4 Å². The highest BCUT2D eigenvalue weighted by Crippen LogP contribution is 2.34. The minimum atomic E-state index is -4.50. The van der Waals surface area contributed by atoms with Gasteiger partial charge in [-0.05, 0) is 18.2 Å². The van der Waals surface area contributed by atoms with E-state index >= 15 is 0 Å². The molecule has 1 fully saturated rings. The molecule has 104 valence electrons. The first-order valence-electron chi connectivity index (χ1n) is 5.53. The van der Waals surface area contributed by atoms with Crippen LogP contribution in [0.4, 0.5) is 23.2 Å². The van der Waals surface area contributed by atoms with Gasteiger partial charge in [0.1, 0.15) is 0 Å². The molecule has 0 unspecified atom stereocenters. The Hall–Kier alpha value is -1.30. The van der Waals surface area contributed by atoms with Gasteiger partial charge in [-0.15, -0.1) is 11.6 Å². The topological polar surface area (TPSA) is 20.3 Å². The molecular weight excluding hydrogens is 286 g/mol. The van der Waals surface area contributed by atoms with Crippen LogP contribution in [-0.2, 0) is 11.0 Å². The maximum absolute atomic E-state index is 13.6. The third-order valence-corrected chi connectivity index (χ3v) is 3.41. The first-order valence-corrected chi connectivity index (χ1v) is 6.06. The average Bonchev–Trinajstić information content (AvgIpc) is 2.65. The van der Waals surface area contributed by atoms with Gasteiger partial charge in [0.2, 0.25) is 0 Å². The van der Waals surface area contributed by atoms with E-state index < -0.39 is 29.7 Å². The lowest BCUT2D eigenvalue weighted by Crippen LogP contribution is -2.27. The number of rotatable bonds is 2. The minimum Gasteiger partial charge on any atom is -0.309 e. The summed E-state index contributed by atoms with van der Waals surface area (Å²) in [6.45, 7) is -0.00912. The molecule has 0 saturated carbocycles. The molecule has 0 N–H and O–H groups in total. The van der Waals surface area contributed by atoms with E-state index in [1.165, 1.54) is 12.1 Å². The van der Waals surface area contributed by atoms with Crippen LogP contribution in [0.25, 0.3) is 0 Å². The van der Waals surface area contributed by atoms with E-state index in [1.807, 2.05) is 0 Å². The maximum atomic E-state index is 13.6. The molecule has 0 aromatic heterocycles. The molecule has 1 amide bonds. The summed E-state index contributed by atoms with van der Waals surface area (Å²) >= 11 is 5.53. The summed E-state index contributed by atoms with van der Waals surface area (Å²) < 4.78 is 51.3. The van der Waals surface area contributed by atoms with Gasteiger partial charge in [0.25, 0.3) is 5.91 Å². The van der Waals surface area contributed by atoms with Crippen LogP contribution in [0.1, 0.15) is 5.56 Å². The smallest absolute Gasteiger partial charge is 0.309 e. The van der Waals surface area contributed by atoms with E-state index in [4.69, 9.17) is 11.6 Å². The summed E-state index contributed by atoms with van der Waals surface area (Å²) in [7, 11) is 0. The molecule has 1 aliphatic heterocycles. The van der Waals surface area contributed by atoms with Crippen molar-refractivity contribution in [2.45, 2.75) is 12.3 Å². The quantitative estimate of drug-likeness (QED) is 0.606. The summed E-state index contributed by atoms with van der Waals surface area (Å²) in [6.07, 6.45) is -6.26. The number of hydrogen-bond acceptors (Lipinski definition) is 1. The number of anilines is 1. The molecule has 2 nitrogen and oxygen atoms in total. The lowest BCUT2D eigenvalue weighted by molar-refractivity contribution is -0.137. The van der Waals surface area contributed by atoms with Gasteiger partial charge in [-0.1, -0.05) is 6.07 Å². The zero-order valence-electron chi connectivity index (χ0n) is 9.62. The molecule has 1 aromatic carbocycles. The van der Waals surface area contributed by atoms with Gasteiger partial charge in [-0.2, -0.15) is 13.2 Å². The Morgan fingerprint density at radius 3 is 2.58 bits per heavy atom. The van der Waals surface area contributed by atoms with E-state index in [9.17, 15) is 22.4 Å². The van der Waals surface area contributed by atoms with Crippen LogP contribution in [-0.4, -0.2) is 24.5 Å². The molecule has 1 aliphatic rings. The Morgan fingerprint density at radius 2 is 2.05 bits per heavy atom.